The number of anilines is 1. The van der Waals surface area contributed by atoms with Crippen LogP contribution in [0.25, 0.3) is 0 Å². The molecule has 3 heterocycles. The molecule has 4 aliphatic rings. The zero-order valence-electron chi connectivity index (χ0n) is 20.4. The molecule has 1 N–H and O–H groups in total. The Morgan fingerprint density at radius 3 is 2.57 bits per heavy atom. The molecule has 7 nitrogen and oxygen atoms in total. The molecule has 1 unspecified atom stereocenters. The Morgan fingerprint density at radius 1 is 1.20 bits per heavy atom. The van der Waals surface area contributed by atoms with Gasteiger partial charge in [0.2, 0.25) is 10.0 Å². The lowest BCUT2D eigenvalue weighted by atomic mass is 9.41. The molecule has 186 valence electrons. The van der Waals surface area contributed by atoms with Crippen molar-refractivity contribution in [1.29, 1.82) is 0 Å². The fourth-order valence-electron chi connectivity index (χ4n) is 6.18. The minimum absolute atomic E-state index is 0.0812. The Labute approximate surface area is 212 Å². The van der Waals surface area contributed by atoms with Crippen LogP contribution in [0, 0.1) is 11.3 Å². The minimum atomic E-state index is -3.70. The summed E-state index contributed by atoms with van der Waals surface area (Å²) in [5.74, 6) is 0.794. The molecule has 3 aliphatic carbocycles. The van der Waals surface area contributed by atoms with Crippen LogP contribution in [0.4, 0.5) is 5.69 Å². The third-order valence-corrected chi connectivity index (χ3v) is 10.2. The molecule has 0 spiro atoms. The first-order valence-corrected chi connectivity index (χ1v) is 14.1. The zero-order valence-corrected chi connectivity index (χ0v) is 22.0. The van der Waals surface area contributed by atoms with Crippen molar-refractivity contribution in [3.05, 3.63) is 65.5 Å². The molecule has 1 aromatic carbocycles. The Morgan fingerprint density at radius 2 is 1.97 bits per heavy atom. The largest absolute Gasteiger partial charge is 0.361 e. The van der Waals surface area contributed by atoms with Crippen LogP contribution in [0.5, 0.6) is 0 Å². The highest BCUT2D eigenvalue weighted by Crippen LogP contribution is 2.67. The molecule has 0 saturated heterocycles. The van der Waals surface area contributed by atoms with Gasteiger partial charge >= 0.3 is 0 Å². The lowest BCUT2D eigenvalue weighted by Crippen LogP contribution is -2.66. The molecular formula is C26H32ClN5O2S. The molecule has 1 atom stereocenters. The number of hydrogen-bond donors (Lipinski definition) is 1. The van der Waals surface area contributed by atoms with Gasteiger partial charge in [0.25, 0.3) is 0 Å². The Kier molecular flexibility index (Phi) is 5.19. The van der Waals surface area contributed by atoms with Crippen LogP contribution in [-0.2, 0) is 28.7 Å². The van der Waals surface area contributed by atoms with E-state index in [2.05, 4.69) is 41.7 Å². The van der Waals surface area contributed by atoms with Gasteiger partial charge in [-0.25, -0.2) is 13.4 Å². The molecular weight excluding hydrogens is 482 g/mol. The van der Waals surface area contributed by atoms with Gasteiger partial charge < -0.3 is 14.5 Å². The fourth-order valence-corrected chi connectivity index (χ4v) is 7.80. The zero-order chi connectivity index (χ0) is 24.6. The normalized spacial score (nSPS) is 26.6. The van der Waals surface area contributed by atoms with Crippen LogP contribution in [0.3, 0.4) is 0 Å². The number of nitrogens with zero attached hydrogens (tertiary/aromatic N) is 4. The van der Waals surface area contributed by atoms with E-state index in [1.165, 1.54) is 19.3 Å². The van der Waals surface area contributed by atoms with Crippen LogP contribution >= 0.6 is 11.6 Å². The molecule has 3 fully saturated rings. The number of fused-ring (bicyclic) bond motifs is 1. The van der Waals surface area contributed by atoms with Gasteiger partial charge in [0.1, 0.15) is 0 Å². The van der Waals surface area contributed by atoms with Crippen LogP contribution in [0.15, 0.2) is 54.1 Å². The molecule has 2 aromatic heterocycles. The summed E-state index contributed by atoms with van der Waals surface area (Å²) in [4.78, 5) is 10.2. The van der Waals surface area contributed by atoms with Gasteiger partial charge in [0.05, 0.1) is 23.5 Å². The average Bonchev–Trinajstić information content (AvgIpc) is 3.38. The molecule has 0 radical (unpaired) electrons. The molecule has 0 amide bonds. The third-order valence-electron chi connectivity index (χ3n) is 8.22. The predicted octanol–water partition coefficient (Wildman–Crippen LogP) is 5.00. The highest BCUT2D eigenvalue weighted by atomic mass is 35.5. The van der Waals surface area contributed by atoms with Gasteiger partial charge in [-0.15, -0.1) is 0 Å². The maximum Gasteiger partial charge on any atom is 0.244 e. The number of imidazole rings is 1. The number of benzene rings is 1. The first kappa shape index (κ1) is 23.1. The van der Waals surface area contributed by atoms with Crippen molar-refractivity contribution >= 4 is 27.3 Å². The average molecular weight is 514 g/mol. The fraction of sp³-hybridized carbons (Fsp3) is 0.500. The summed E-state index contributed by atoms with van der Waals surface area (Å²) in [6, 6.07) is 7.69. The molecule has 1 aliphatic heterocycles. The second-order valence-electron chi connectivity index (χ2n) is 11.6. The molecule has 3 aromatic rings. The van der Waals surface area contributed by atoms with Gasteiger partial charge in [0, 0.05) is 54.0 Å². The Hall–Kier alpha value is -2.29. The van der Waals surface area contributed by atoms with Gasteiger partial charge in [-0.2, -0.15) is 4.31 Å². The Bertz CT molecular complexity index is 1340. The van der Waals surface area contributed by atoms with Crippen molar-refractivity contribution in [2.24, 2.45) is 11.3 Å². The molecule has 2 bridgehead atoms. The maximum atomic E-state index is 14.0. The number of H-pyrrole nitrogens is 1. The van der Waals surface area contributed by atoms with E-state index in [0.29, 0.717) is 29.6 Å². The number of aromatic amines is 1. The lowest BCUT2D eigenvalue weighted by Gasteiger charge is -2.67. The Balaban J connectivity index is 1.44. The second-order valence-corrected chi connectivity index (χ2v) is 13.9. The van der Waals surface area contributed by atoms with E-state index in [0.717, 1.165) is 22.9 Å². The van der Waals surface area contributed by atoms with Gasteiger partial charge in [-0.05, 0) is 81.2 Å². The van der Waals surface area contributed by atoms with E-state index in [-0.39, 0.29) is 17.0 Å². The highest BCUT2D eigenvalue weighted by molar-refractivity contribution is 7.89. The smallest absolute Gasteiger partial charge is 0.244 e. The summed E-state index contributed by atoms with van der Waals surface area (Å²) in [7, 11) is -3.70. The van der Waals surface area contributed by atoms with Crippen LogP contribution < -0.4 is 4.90 Å². The van der Waals surface area contributed by atoms with Crippen LogP contribution in [0.2, 0.25) is 5.02 Å². The number of halogens is 1. The van der Waals surface area contributed by atoms with Crippen molar-refractivity contribution < 1.29 is 8.42 Å². The summed E-state index contributed by atoms with van der Waals surface area (Å²) in [6.07, 6.45) is 10.7. The number of sulfonamides is 1. The number of hydrogen-bond acceptors (Lipinski definition) is 4. The molecule has 7 rings (SSSR count). The topological polar surface area (TPSA) is 74.2 Å². The van der Waals surface area contributed by atoms with E-state index >= 15 is 0 Å². The number of aromatic nitrogens is 3. The van der Waals surface area contributed by atoms with Crippen molar-refractivity contribution in [3.8, 4) is 0 Å². The maximum absolute atomic E-state index is 14.0. The van der Waals surface area contributed by atoms with Gasteiger partial charge in [-0.1, -0.05) is 11.6 Å². The molecule has 35 heavy (non-hydrogen) atoms. The van der Waals surface area contributed by atoms with Crippen LogP contribution in [0.1, 0.15) is 51.3 Å². The summed E-state index contributed by atoms with van der Waals surface area (Å²) < 4.78 is 31.7. The van der Waals surface area contributed by atoms with E-state index < -0.39 is 10.0 Å². The first-order chi connectivity index (χ1) is 16.5. The SMILES string of the molecule is CC(C)(C)n1ccc(S(=O)(=O)N2Cc3cc(Cl)ccc3N(Cc3cnc[nH]3)C(C34CC(C3)C4)C2)c1. The van der Waals surface area contributed by atoms with E-state index in [1.807, 2.05) is 29.1 Å². The third kappa shape index (κ3) is 3.81. The summed E-state index contributed by atoms with van der Waals surface area (Å²) in [5.41, 5.74) is 2.98. The number of nitrogens with one attached hydrogen (secondary N) is 1. The highest BCUT2D eigenvalue weighted by Gasteiger charge is 2.62. The summed E-state index contributed by atoms with van der Waals surface area (Å²) in [6.45, 7) is 7.61. The second kappa shape index (κ2) is 7.85. The lowest BCUT2D eigenvalue weighted by molar-refractivity contribution is -0.128. The summed E-state index contributed by atoms with van der Waals surface area (Å²) in [5, 5.41) is 0.616. The van der Waals surface area contributed by atoms with E-state index in [9.17, 15) is 8.42 Å². The van der Waals surface area contributed by atoms with E-state index in [1.54, 1.807) is 22.9 Å². The predicted molar refractivity (Wildman–Crippen MR) is 137 cm³/mol. The monoisotopic (exact) mass is 513 g/mol. The van der Waals surface area contributed by atoms with E-state index in [4.69, 9.17) is 11.6 Å². The minimum Gasteiger partial charge on any atom is -0.361 e. The quantitative estimate of drug-likeness (QED) is 0.521. The molecule has 9 heteroatoms. The van der Waals surface area contributed by atoms with Gasteiger partial charge in [-0.3, -0.25) is 0 Å². The standard InChI is InChI=1S/C26H32ClN5O2S/c1-25(2,3)30-7-6-22(15-30)35(33,34)31-13-19-8-20(27)4-5-23(19)32(14-21-12-28-17-29-21)24(16-31)26-9-18(10-26)11-26/h4-8,12,15,17-18,24H,9-11,13-14,16H2,1-3H3,(H,28,29). The summed E-state index contributed by atoms with van der Waals surface area (Å²) >= 11 is 6.42. The van der Waals surface area contributed by atoms with Crippen molar-refractivity contribution in [2.45, 2.75) is 69.6 Å². The van der Waals surface area contributed by atoms with Crippen LogP contribution in [-0.4, -0.2) is 39.8 Å². The van der Waals surface area contributed by atoms with Crippen molar-refractivity contribution in [3.63, 3.8) is 0 Å². The molecule has 3 saturated carbocycles. The number of rotatable bonds is 5. The van der Waals surface area contributed by atoms with Crippen molar-refractivity contribution in [1.82, 2.24) is 18.8 Å². The first-order valence-electron chi connectivity index (χ1n) is 12.3. The van der Waals surface area contributed by atoms with Crippen molar-refractivity contribution in [2.75, 3.05) is 11.4 Å². The van der Waals surface area contributed by atoms with Gasteiger partial charge in [0.15, 0.2) is 0 Å².